The molecule has 0 spiro atoms. The van der Waals surface area contributed by atoms with Gasteiger partial charge in [0.05, 0.1) is 18.2 Å². The number of ketones is 1. The fourth-order valence-corrected chi connectivity index (χ4v) is 4.89. The van der Waals surface area contributed by atoms with Gasteiger partial charge in [0.2, 0.25) is 0 Å². The number of aliphatic hydroxyl groups excluding tert-OH is 1. The summed E-state index contributed by atoms with van der Waals surface area (Å²) in [5, 5.41) is 11.6. The summed E-state index contributed by atoms with van der Waals surface area (Å²) in [5.74, 6) is -2.38. The number of aryl methyl sites for hydroxylation is 1. The largest absolute Gasteiger partial charge is 0.507 e. The van der Waals surface area contributed by atoms with Crippen LogP contribution >= 0.6 is 0 Å². The second-order valence-corrected chi connectivity index (χ2v) is 10.5. The van der Waals surface area contributed by atoms with Crippen molar-refractivity contribution < 1.29 is 24.2 Å². The van der Waals surface area contributed by atoms with Crippen LogP contribution in [0.4, 0.5) is 0 Å². The Hall–Kier alpha value is -4.20. The molecule has 0 aliphatic carbocycles. The number of likely N-dealkylation sites (tertiary alicyclic amines) is 1. The number of aromatic amines is 1. The Balaban J connectivity index is 1.89. The molecule has 8 nitrogen and oxygen atoms in total. The quantitative estimate of drug-likeness (QED) is 0.204. The predicted octanol–water partition coefficient (Wildman–Crippen LogP) is 5.12. The summed E-state index contributed by atoms with van der Waals surface area (Å²) < 4.78 is 5.13. The van der Waals surface area contributed by atoms with Gasteiger partial charge in [-0.3, -0.25) is 14.6 Å². The van der Waals surface area contributed by atoms with Gasteiger partial charge in [-0.2, -0.15) is 0 Å². The number of hydrogen-bond acceptors (Lipinski definition) is 6. The molecule has 1 aromatic carbocycles. The molecular weight excluding hydrogens is 482 g/mol. The number of amides is 1. The number of Topliss-reactive ketones (excluding diaryl/α,β-unsaturated/α-hetero) is 1. The maximum Gasteiger partial charge on any atom is 0.355 e. The molecule has 0 radical (unpaired) electrons. The minimum atomic E-state index is -0.830. The fourth-order valence-electron chi connectivity index (χ4n) is 4.89. The number of aliphatic hydroxyl groups is 1. The van der Waals surface area contributed by atoms with Gasteiger partial charge in [0, 0.05) is 30.2 Å². The van der Waals surface area contributed by atoms with Gasteiger partial charge in [-0.15, -0.1) is 0 Å². The summed E-state index contributed by atoms with van der Waals surface area (Å²) in [6.45, 7) is 11.7. The van der Waals surface area contributed by atoms with Gasteiger partial charge in [0.15, 0.2) is 0 Å². The highest BCUT2D eigenvalue weighted by Crippen LogP contribution is 2.42. The number of rotatable bonds is 6. The second-order valence-electron chi connectivity index (χ2n) is 10.5. The van der Waals surface area contributed by atoms with Crippen LogP contribution in [0.1, 0.15) is 77.7 Å². The molecule has 38 heavy (non-hydrogen) atoms. The number of carbonyl (C=O) groups excluding carboxylic acids is 3. The van der Waals surface area contributed by atoms with E-state index in [0.717, 1.165) is 11.1 Å². The highest BCUT2D eigenvalue weighted by atomic mass is 16.5. The number of H-pyrrole nitrogens is 1. The number of pyridine rings is 1. The molecule has 1 aliphatic rings. The van der Waals surface area contributed by atoms with Gasteiger partial charge >= 0.3 is 5.97 Å². The van der Waals surface area contributed by atoms with Crippen molar-refractivity contribution in [1.82, 2.24) is 14.9 Å². The first-order chi connectivity index (χ1) is 18.0. The zero-order valence-corrected chi connectivity index (χ0v) is 22.6. The van der Waals surface area contributed by atoms with Crippen molar-refractivity contribution in [3.63, 3.8) is 0 Å². The summed E-state index contributed by atoms with van der Waals surface area (Å²) in [6, 6.07) is 10.5. The highest BCUT2D eigenvalue weighted by molar-refractivity contribution is 6.46. The summed E-state index contributed by atoms with van der Waals surface area (Å²) in [7, 11) is 0. The molecule has 1 atom stereocenters. The van der Waals surface area contributed by atoms with Crippen LogP contribution in [-0.4, -0.2) is 44.2 Å². The van der Waals surface area contributed by atoms with Crippen molar-refractivity contribution in [2.75, 3.05) is 6.61 Å². The highest BCUT2D eigenvalue weighted by Gasteiger charge is 2.46. The lowest BCUT2D eigenvalue weighted by Crippen LogP contribution is -2.29. The summed E-state index contributed by atoms with van der Waals surface area (Å²) >= 11 is 0. The van der Waals surface area contributed by atoms with E-state index in [-0.39, 0.29) is 35.6 Å². The number of esters is 1. The molecule has 3 aromatic rings. The maximum absolute atomic E-state index is 13.5. The van der Waals surface area contributed by atoms with Crippen LogP contribution in [-0.2, 0) is 26.3 Å². The maximum atomic E-state index is 13.5. The monoisotopic (exact) mass is 515 g/mol. The first kappa shape index (κ1) is 26.9. The summed E-state index contributed by atoms with van der Waals surface area (Å²) in [4.78, 5) is 47.9. The Kier molecular flexibility index (Phi) is 7.26. The van der Waals surface area contributed by atoms with Crippen molar-refractivity contribution in [2.24, 2.45) is 0 Å². The molecule has 1 aliphatic heterocycles. The van der Waals surface area contributed by atoms with Gasteiger partial charge in [0.25, 0.3) is 11.7 Å². The van der Waals surface area contributed by atoms with Gasteiger partial charge in [-0.1, -0.05) is 51.1 Å². The van der Waals surface area contributed by atoms with Gasteiger partial charge in [0.1, 0.15) is 11.5 Å². The molecule has 1 amide bonds. The topological polar surface area (TPSA) is 113 Å². The van der Waals surface area contributed by atoms with Crippen LogP contribution < -0.4 is 0 Å². The molecule has 0 saturated carbocycles. The summed E-state index contributed by atoms with van der Waals surface area (Å²) in [6.07, 6.45) is 3.28. The van der Waals surface area contributed by atoms with Crippen molar-refractivity contribution in [3.8, 4) is 0 Å². The molecule has 198 valence electrons. The normalized spacial score (nSPS) is 17.2. The van der Waals surface area contributed by atoms with E-state index < -0.39 is 23.7 Å². The number of nitrogens with one attached hydrogen (secondary N) is 1. The van der Waals surface area contributed by atoms with Crippen LogP contribution in [0.15, 0.2) is 54.4 Å². The number of benzene rings is 1. The Morgan fingerprint density at radius 2 is 1.82 bits per heavy atom. The average Bonchev–Trinajstić information content (AvgIpc) is 3.31. The predicted molar refractivity (Wildman–Crippen MR) is 143 cm³/mol. The van der Waals surface area contributed by atoms with Crippen LogP contribution in [0, 0.1) is 13.8 Å². The van der Waals surface area contributed by atoms with E-state index in [1.807, 2.05) is 30.3 Å². The molecule has 2 N–H and O–H groups in total. The van der Waals surface area contributed by atoms with E-state index in [2.05, 4.69) is 30.7 Å². The van der Waals surface area contributed by atoms with Gasteiger partial charge in [-0.25, -0.2) is 4.79 Å². The number of nitrogens with zero attached hydrogens (tertiary/aromatic N) is 2. The standard InChI is InChI=1S/C30H33N3O5/c1-7-38-29(37)24-17(2)22(18(3)32-24)26(34)23-25(20-10-12-21(13-11-20)30(4,5)6)33(28(36)27(23)35)16-19-9-8-14-31-15-19/h8-15,25,32,34H,7,16H2,1-6H3/b26-23+/t25-/m0/s1. The lowest BCUT2D eigenvalue weighted by atomic mass is 9.85. The number of hydrogen-bond donors (Lipinski definition) is 2. The van der Waals surface area contributed by atoms with E-state index >= 15 is 0 Å². The molecule has 3 heterocycles. The van der Waals surface area contributed by atoms with E-state index in [0.29, 0.717) is 22.4 Å². The third kappa shape index (κ3) is 4.86. The first-order valence-corrected chi connectivity index (χ1v) is 12.6. The fraction of sp³-hybridized carbons (Fsp3) is 0.333. The first-order valence-electron chi connectivity index (χ1n) is 12.6. The molecule has 2 aromatic heterocycles. The lowest BCUT2D eigenvalue weighted by Gasteiger charge is -2.26. The van der Waals surface area contributed by atoms with Crippen LogP contribution in [0.3, 0.4) is 0 Å². The zero-order chi connectivity index (χ0) is 27.8. The molecule has 4 rings (SSSR count). The Morgan fingerprint density at radius 1 is 1.13 bits per heavy atom. The molecule has 1 saturated heterocycles. The van der Waals surface area contributed by atoms with Crippen molar-refractivity contribution in [2.45, 2.75) is 59.5 Å². The van der Waals surface area contributed by atoms with Gasteiger partial charge in [-0.05, 0) is 54.5 Å². The third-order valence-electron chi connectivity index (χ3n) is 6.86. The van der Waals surface area contributed by atoms with Crippen molar-refractivity contribution >= 4 is 23.4 Å². The minimum Gasteiger partial charge on any atom is -0.507 e. The molecular formula is C30H33N3O5. The smallest absolute Gasteiger partial charge is 0.355 e. The molecule has 8 heteroatoms. The van der Waals surface area contributed by atoms with E-state index in [9.17, 15) is 19.5 Å². The zero-order valence-electron chi connectivity index (χ0n) is 22.6. The molecule has 0 unspecified atom stereocenters. The van der Waals surface area contributed by atoms with E-state index in [1.54, 1.807) is 39.2 Å². The Bertz CT molecular complexity index is 1410. The third-order valence-corrected chi connectivity index (χ3v) is 6.86. The number of ether oxygens (including phenoxy) is 1. The number of carbonyl (C=O) groups is 3. The Morgan fingerprint density at radius 3 is 2.39 bits per heavy atom. The average molecular weight is 516 g/mol. The summed E-state index contributed by atoms with van der Waals surface area (Å²) in [5.41, 5.74) is 3.87. The van der Waals surface area contributed by atoms with Crippen LogP contribution in [0.25, 0.3) is 5.76 Å². The molecule has 0 bridgehead atoms. The van der Waals surface area contributed by atoms with Gasteiger partial charge < -0.3 is 19.7 Å². The number of aromatic nitrogens is 2. The second kappa shape index (κ2) is 10.3. The Labute approximate surface area is 222 Å². The van der Waals surface area contributed by atoms with Crippen molar-refractivity contribution in [3.05, 3.63) is 93.6 Å². The van der Waals surface area contributed by atoms with E-state index in [4.69, 9.17) is 4.74 Å². The van der Waals surface area contributed by atoms with Crippen LogP contribution in [0.2, 0.25) is 0 Å². The minimum absolute atomic E-state index is 0.0250. The molecule has 1 fully saturated rings. The SMILES string of the molecule is CCOC(=O)c1[nH]c(C)c(/C(O)=C2\C(=O)C(=O)N(Cc3cccnc3)[C@H]2c2ccc(C(C)(C)C)cc2)c1C. The van der Waals surface area contributed by atoms with Crippen LogP contribution in [0.5, 0.6) is 0 Å². The lowest BCUT2D eigenvalue weighted by molar-refractivity contribution is -0.140. The van der Waals surface area contributed by atoms with E-state index in [1.165, 1.54) is 4.90 Å². The van der Waals surface area contributed by atoms with Crippen molar-refractivity contribution in [1.29, 1.82) is 0 Å².